The van der Waals surface area contributed by atoms with Crippen molar-refractivity contribution in [3.63, 3.8) is 0 Å². The Labute approximate surface area is 119 Å². The van der Waals surface area contributed by atoms with Crippen LogP contribution in [-0.2, 0) is 0 Å². The van der Waals surface area contributed by atoms with E-state index < -0.39 is 0 Å². The highest BCUT2D eigenvalue weighted by molar-refractivity contribution is 6.28. The van der Waals surface area contributed by atoms with E-state index in [4.69, 9.17) is 11.6 Å². The van der Waals surface area contributed by atoms with Gasteiger partial charge in [0, 0.05) is 5.69 Å². The zero-order valence-corrected chi connectivity index (χ0v) is 11.3. The van der Waals surface area contributed by atoms with Gasteiger partial charge in [-0.3, -0.25) is 0 Å². The number of hydrogen-bond acceptors (Lipinski definition) is 6. The Balaban J connectivity index is 1.92. The molecular formula is C12H10ClN7. The summed E-state index contributed by atoms with van der Waals surface area (Å²) in [5.74, 6) is 0.650. The number of nitrogens with zero attached hydrogens (tertiary/aromatic N) is 6. The van der Waals surface area contributed by atoms with Crippen molar-refractivity contribution >= 4 is 23.2 Å². The molecular weight excluding hydrogens is 278 g/mol. The van der Waals surface area contributed by atoms with Crippen molar-refractivity contribution in [2.24, 2.45) is 0 Å². The minimum Gasteiger partial charge on any atom is -0.324 e. The van der Waals surface area contributed by atoms with Crippen LogP contribution in [-0.4, -0.2) is 29.7 Å². The van der Waals surface area contributed by atoms with E-state index >= 15 is 0 Å². The number of benzene rings is 1. The predicted octanol–water partition coefficient (Wildman–Crippen LogP) is 2.16. The number of hydrogen-bond donors (Lipinski definition) is 1. The SMILES string of the molecule is Cc1ccc(Nc2nc(Cl)nc(-n3cncn3)n2)cc1. The van der Waals surface area contributed by atoms with Crippen LogP contribution >= 0.6 is 11.6 Å². The molecule has 1 aromatic carbocycles. The molecule has 0 radical (unpaired) electrons. The maximum Gasteiger partial charge on any atom is 0.258 e. The largest absolute Gasteiger partial charge is 0.324 e. The average molecular weight is 288 g/mol. The smallest absolute Gasteiger partial charge is 0.258 e. The first-order valence-electron chi connectivity index (χ1n) is 5.81. The van der Waals surface area contributed by atoms with Crippen molar-refractivity contribution in [1.29, 1.82) is 0 Å². The maximum atomic E-state index is 5.89. The fraction of sp³-hybridized carbons (Fsp3) is 0.0833. The summed E-state index contributed by atoms with van der Waals surface area (Å²) in [5.41, 5.74) is 2.04. The molecule has 3 rings (SSSR count). The molecule has 0 fully saturated rings. The molecule has 0 aliphatic heterocycles. The van der Waals surface area contributed by atoms with Crippen molar-refractivity contribution in [2.45, 2.75) is 6.92 Å². The van der Waals surface area contributed by atoms with E-state index in [1.807, 2.05) is 31.2 Å². The van der Waals surface area contributed by atoms with Crippen LogP contribution in [0.4, 0.5) is 11.6 Å². The Hall–Kier alpha value is -2.54. The topological polar surface area (TPSA) is 81.4 Å². The summed E-state index contributed by atoms with van der Waals surface area (Å²) in [7, 11) is 0. The van der Waals surface area contributed by atoms with E-state index in [1.165, 1.54) is 22.9 Å². The fourth-order valence-electron chi connectivity index (χ4n) is 1.58. The van der Waals surface area contributed by atoms with Gasteiger partial charge in [-0.2, -0.15) is 24.7 Å². The van der Waals surface area contributed by atoms with Crippen LogP contribution in [0.15, 0.2) is 36.9 Å². The molecule has 0 saturated heterocycles. The van der Waals surface area contributed by atoms with Gasteiger partial charge in [-0.05, 0) is 30.7 Å². The molecule has 0 saturated carbocycles. The monoisotopic (exact) mass is 287 g/mol. The Morgan fingerprint density at radius 3 is 2.60 bits per heavy atom. The second-order valence-electron chi connectivity index (χ2n) is 4.06. The van der Waals surface area contributed by atoms with Gasteiger partial charge < -0.3 is 5.32 Å². The van der Waals surface area contributed by atoms with Crippen LogP contribution in [0.5, 0.6) is 0 Å². The van der Waals surface area contributed by atoms with E-state index in [0.29, 0.717) is 11.9 Å². The number of anilines is 2. The van der Waals surface area contributed by atoms with Gasteiger partial charge in [-0.15, -0.1) is 0 Å². The molecule has 0 aliphatic rings. The van der Waals surface area contributed by atoms with Gasteiger partial charge in [0.15, 0.2) is 0 Å². The van der Waals surface area contributed by atoms with E-state index in [2.05, 4.69) is 30.4 Å². The molecule has 0 unspecified atom stereocenters. The molecule has 0 aliphatic carbocycles. The third kappa shape index (κ3) is 2.72. The predicted molar refractivity (Wildman–Crippen MR) is 74.2 cm³/mol. The van der Waals surface area contributed by atoms with Gasteiger partial charge >= 0.3 is 0 Å². The normalized spacial score (nSPS) is 10.5. The summed E-state index contributed by atoms with van der Waals surface area (Å²) in [6, 6.07) is 7.84. The standard InChI is InChI=1S/C12H10ClN7/c1-8-2-4-9(5-3-8)16-11-17-10(13)18-12(19-11)20-7-14-6-15-20/h2-7H,1H3,(H,16,17,18,19). The molecule has 0 atom stereocenters. The van der Waals surface area contributed by atoms with Gasteiger partial charge in [-0.1, -0.05) is 17.7 Å². The van der Waals surface area contributed by atoms with Crippen LogP contribution < -0.4 is 5.32 Å². The van der Waals surface area contributed by atoms with Crippen LogP contribution in [0.3, 0.4) is 0 Å². The number of nitrogens with one attached hydrogen (secondary N) is 1. The van der Waals surface area contributed by atoms with Crippen LogP contribution in [0, 0.1) is 6.92 Å². The highest BCUT2D eigenvalue weighted by Gasteiger charge is 2.07. The molecule has 2 heterocycles. The molecule has 7 nitrogen and oxygen atoms in total. The number of aromatic nitrogens is 6. The highest BCUT2D eigenvalue weighted by atomic mass is 35.5. The highest BCUT2D eigenvalue weighted by Crippen LogP contribution is 2.15. The van der Waals surface area contributed by atoms with Gasteiger partial charge in [-0.25, -0.2) is 4.98 Å². The Morgan fingerprint density at radius 2 is 1.90 bits per heavy atom. The molecule has 2 aromatic heterocycles. The summed E-state index contributed by atoms with van der Waals surface area (Å²) in [5, 5.41) is 7.10. The summed E-state index contributed by atoms with van der Waals surface area (Å²) >= 11 is 5.89. The van der Waals surface area contributed by atoms with Gasteiger partial charge in [0.25, 0.3) is 5.95 Å². The zero-order valence-electron chi connectivity index (χ0n) is 10.5. The summed E-state index contributed by atoms with van der Waals surface area (Å²) in [6.07, 6.45) is 2.88. The minimum absolute atomic E-state index is 0.0834. The lowest BCUT2D eigenvalue weighted by Crippen LogP contribution is -2.06. The summed E-state index contributed by atoms with van der Waals surface area (Å²) in [4.78, 5) is 16.1. The lowest BCUT2D eigenvalue weighted by molar-refractivity contribution is 0.796. The second kappa shape index (κ2) is 5.22. The van der Waals surface area contributed by atoms with Crippen molar-refractivity contribution < 1.29 is 0 Å². The van der Waals surface area contributed by atoms with Crippen LogP contribution in [0.25, 0.3) is 5.95 Å². The van der Waals surface area contributed by atoms with Gasteiger partial charge in [0.1, 0.15) is 12.7 Å². The first-order valence-corrected chi connectivity index (χ1v) is 6.19. The third-order valence-corrected chi connectivity index (χ3v) is 2.70. The minimum atomic E-state index is 0.0834. The third-order valence-electron chi connectivity index (χ3n) is 2.53. The molecule has 0 spiro atoms. The zero-order chi connectivity index (χ0) is 13.9. The second-order valence-corrected chi connectivity index (χ2v) is 4.40. The summed E-state index contributed by atoms with van der Waals surface area (Å²) in [6.45, 7) is 2.02. The lowest BCUT2D eigenvalue weighted by atomic mass is 10.2. The molecule has 3 aromatic rings. The molecule has 20 heavy (non-hydrogen) atoms. The van der Waals surface area contributed by atoms with E-state index in [9.17, 15) is 0 Å². The molecule has 0 bridgehead atoms. The molecule has 0 amide bonds. The number of halogens is 1. The average Bonchev–Trinajstić information content (AvgIpc) is 2.95. The molecule has 100 valence electrons. The van der Waals surface area contributed by atoms with Crippen molar-refractivity contribution in [3.05, 3.63) is 47.8 Å². The Bertz CT molecular complexity index is 709. The first kappa shape index (κ1) is 12.5. The number of rotatable bonds is 3. The van der Waals surface area contributed by atoms with Crippen LogP contribution in [0.1, 0.15) is 5.56 Å². The van der Waals surface area contributed by atoms with Crippen molar-refractivity contribution in [2.75, 3.05) is 5.32 Å². The summed E-state index contributed by atoms with van der Waals surface area (Å²) < 4.78 is 1.41. The van der Waals surface area contributed by atoms with Crippen molar-refractivity contribution in [1.82, 2.24) is 29.7 Å². The lowest BCUT2D eigenvalue weighted by Gasteiger charge is -2.06. The fourth-order valence-corrected chi connectivity index (χ4v) is 1.73. The molecule has 1 N–H and O–H groups in total. The van der Waals surface area contributed by atoms with Gasteiger partial charge in [0.2, 0.25) is 11.2 Å². The van der Waals surface area contributed by atoms with Crippen LogP contribution in [0.2, 0.25) is 5.28 Å². The van der Waals surface area contributed by atoms with E-state index in [1.54, 1.807) is 0 Å². The molecule has 8 heteroatoms. The van der Waals surface area contributed by atoms with Gasteiger partial charge in [0.05, 0.1) is 0 Å². The number of aryl methyl sites for hydroxylation is 1. The maximum absolute atomic E-state index is 5.89. The van der Waals surface area contributed by atoms with E-state index in [0.717, 1.165) is 5.69 Å². The Morgan fingerprint density at radius 1 is 1.10 bits per heavy atom. The van der Waals surface area contributed by atoms with Crippen molar-refractivity contribution in [3.8, 4) is 5.95 Å². The first-order chi connectivity index (χ1) is 9.70. The quantitative estimate of drug-likeness (QED) is 0.795. The van der Waals surface area contributed by atoms with E-state index in [-0.39, 0.29) is 5.28 Å². The Kier molecular flexibility index (Phi) is 3.26.